The third-order valence-corrected chi connectivity index (χ3v) is 1.49. The number of hydrogen-bond acceptors (Lipinski definition) is 3. The van der Waals surface area contributed by atoms with Crippen molar-refractivity contribution in [1.29, 1.82) is 0 Å². The second-order valence-corrected chi connectivity index (χ2v) is 2.70. The molecule has 0 N–H and O–H groups in total. The zero-order chi connectivity index (χ0) is 11.3. The molecule has 3 nitrogen and oxygen atoms in total. The van der Waals surface area contributed by atoms with Crippen molar-refractivity contribution in [3.63, 3.8) is 0 Å². The molecule has 0 aromatic carbocycles. The number of hydrogen-bond donors (Lipinski definition) is 0. The largest absolute Gasteiger partial charge is 0.263 e. The van der Waals surface area contributed by atoms with Crippen molar-refractivity contribution in [3.8, 4) is 0 Å². The van der Waals surface area contributed by atoms with E-state index in [1.54, 1.807) is 24.8 Å². The monoisotopic (exact) mass is 211 g/mol. The molecule has 80 valence electrons. The third kappa shape index (κ3) is 7.15. The van der Waals surface area contributed by atoms with Gasteiger partial charge in [-0.15, -0.1) is 0 Å². The van der Waals surface area contributed by atoms with Gasteiger partial charge in [-0.05, 0) is 12.2 Å². The van der Waals surface area contributed by atoms with Crippen LogP contribution in [0.3, 0.4) is 0 Å². The van der Waals surface area contributed by atoms with E-state index < -0.39 is 0 Å². The lowest BCUT2D eigenvalue weighted by molar-refractivity contribution is 1.48. The van der Waals surface area contributed by atoms with E-state index in [-0.39, 0.29) is 0 Å². The highest BCUT2D eigenvalue weighted by Gasteiger charge is 1.66. The molecule has 0 amide bonds. The fourth-order valence-electron chi connectivity index (χ4n) is 0.826. The molecule has 0 saturated carbocycles. The lowest BCUT2D eigenvalue weighted by Gasteiger charge is -1.77. The van der Waals surface area contributed by atoms with E-state index in [1.165, 1.54) is 6.34 Å². The molecule has 1 aliphatic heterocycles. The Morgan fingerprint density at radius 1 is 0.438 bits per heavy atom. The van der Waals surface area contributed by atoms with Gasteiger partial charge in [0.25, 0.3) is 0 Å². The summed E-state index contributed by atoms with van der Waals surface area (Å²) in [6, 6.07) is 0. The Hall–Kier alpha value is -2.29. The molecule has 1 heterocycles. The molecule has 0 aromatic rings. The smallest absolute Gasteiger partial charge is 0.115 e. The number of aliphatic imine (C=N–C) groups is 3. The van der Waals surface area contributed by atoms with Gasteiger partial charge in [-0.3, -0.25) is 4.99 Å². The van der Waals surface area contributed by atoms with Crippen LogP contribution in [0, 0.1) is 0 Å². The fraction of sp³-hybridized carbons (Fsp3) is 0. The van der Waals surface area contributed by atoms with Crippen LogP contribution in [0.4, 0.5) is 0 Å². The van der Waals surface area contributed by atoms with Crippen LogP contribution in [0.5, 0.6) is 0 Å². The first kappa shape index (κ1) is 11.8. The van der Waals surface area contributed by atoms with Crippen molar-refractivity contribution in [2.45, 2.75) is 0 Å². The highest BCUT2D eigenvalue weighted by Crippen LogP contribution is 1.82. The van der Waals surface area contributed by atoms with E-state index >= 15 is 0 Å². The summed E-state index contributed by atoms with van der Waals surface area (Å²) in [5.41, 5.74) is 0. The van der Waals surface area contributed by atoms with Crippen molar-refractivity contribution < 1.29 is 0 Å². The molecule has 0 radical (unpaired) electrons. The molecule has 0 aliphatic carbocycles. The average molecular weight is 211 g/mol. The van der Waals surface area contributed by atoms with Crippen molar-refractivity contribution in [2.75, 3.05) is 0 Å². The number of nitrogens with zero attached hydrogens (tertiary/aromatic N) is 3. The summed E-state index contributed by atoms with van der Waals surface area (Å²) < 4.78 is 0. The molecule has 0 unspecified atom stereocenters. The maximum Gasteiger partial charge on any atom is 0.115 e. The number of allylic oxidation sites excluding steroid dienone is 8. The van der Waals surface area contributed by atoms with Gasteiger partial charge < -0.3 is 0 Å². The van der Waals surface area contributed by atoms with Gasteiger partial charge in [0.15, 0.2) is 0 Å². The number of rotatable bonds is 0. The first-order valence-electron chi connectivity index (χ1n) is 4.88. The zero-order valence-electron chi connectivity index (χ0n) is 8.85. The van der Waals surface area contributed by atoms with Crippen LogP contribution in [-0.2, 0) is 0 Å². The van der Waals surface area contributed by atoms with Crippen LogP contribution in [-0.4, -0.2) is 18.8 Å². The summed E-state index contributed by atoms with van der Waals surface area (Å²) in [5, 5.41) is 0. The van der Waals surface area contributed by atoms with Crippen LogP contribution in [0.2, 0.25) is 0 Å². The summed E-state index contributed by atoms with van der Waals surface area (Å²) in [4.78, 5) is 11.8. The molecule has 3 heteroatoms. The Morgan fingerprint density at radius 3 is 1.62 bits per heavy atom. The molecule has 0 bridgehead atoms. The quantitative estimate of drug-likeness (QED) is 0.591. The fourth-order valence-corrected chi connectivity index (χ4v) is 0.826. The lowest BCUT2D eigenvalue weighted by Crippen LogP contribution is -1.67. The average Bonchev–Trinajstić information content (AvgIpc) is 2.29. The normalized spacial score (nSPS) is 16.0. The van der Waals surface area contributed by atoms with E-state index in [0.717, 1.165) is 0 Å². The van der Waals surface area contributed by atoms with Gasteiger partial charge in [0.1, 0.15) is 6.34 Å². The maximum atomic E-state index is 3.98. The SMILES string of the molecule is C1=CC=CC=NC=CN=CN=CC=CC=C1. The maximum absolute atomic E-state index is 3.98. The van der Waals surface area contributed by atoms with Gasteiger partial charge in [0.2, 0.25) is 0 Å². The summed E-state index contributed by atoms with van der Waals surface area (Å²) >= 11 is 0. The molecule has 16 heavy (non-hydrogen) atoms. The summed E-state index contributed by atoms with van der Waals surface area (Å²) in [6.07, 6.45) is 23.2. The van der Waals surface area contributed by atoms with E-state index in [9.17, 15) is 0 Å². The second-order valence-electron chi connectivity index (χ2n) is 2.70. The van der Waals surface area contributed by atoms with Crippen LogP contribution in [0.15, 0.2) is 76.0 Å². The van der Waals surface area contributed by atoms with Gasteiger partial charge >= 0.3 is 0 Å². The minimum Gasteiger partial charge on any atom is -0.263 e. The van der Waals surface area contributed by atoms with E-state index in [1.807, 2.05) is 48.6 Å². The van der Waals surface area contributed by atoms with E-state index in [2.05, 4.69) is 15.0 Å². The van der Waals surface area contributed by atoms with Crippen LogP contribution < -0.4 is 0 Å². The Balaban J connectivity index is 2.67. The standard InChI is InChI=1S/C13H13N3/c1-2-4-6-8-10-15-13-16-12-11-14-9-7-5-3-1/h1-13H. The Bertz CT molecular complexity index is 253. The summed E-state index contributed by atoms with van der Waals surface area (Å²) in [7, 11) is 0. The molecule has 0 fully saturated rings. The molecule has 0 aromatic heterocycles. The first-order chi connectivity index (χ1) is 8.00. The predicted molar refractivity (Wildman–Crippen MR) is 71.2 cm³/mol. The van der Waals surface area contributed by atoms with Crippen molar-refractivity contribution in [2.24, 2.45) is 15.0 Å². The van der Waals surface area contributed by atoms with E-state index in [4.69, 9.17) is 0 Å². The van der Waals surface area contributed by atoms with Crippen molar-refractivity contribution in [3.05, 3.63) is 61.0 Å². The van der Waals surface area contributed by atoms with Crippen molar-refractivity contribution in [1.82, 2.24) is 0 Å². The molecular formula is C13H13N3. The topological polar surface area (TPSA) is 37.1 Å². The third-order valence-electron chi connectivity index (χ3n) is 1.49. The highest BCUT2D eigenvalue weighted by molar-refractivity contribution is 5.80. The van der Waals surface area contributed by atoms with Gasteiger partial charge in [-0.1, -0.05) is 36.5 Å². The van der Waals surface area contributed by atoms with Gasteiger partial charge in [-0.25, -0.2) is 9.98 Å². The predicted octanol–water partition coefficient (Wildman–Crippen LogP) is 2.87. The second kappa shape index (κ2) is 9.27. The Labute approximate surface area is 95.4 Å². The van der Waals surface area contributed by atoms with Crippen LogP contribution >= 0.6 is 0 Å². The molecule has 0 spiro atoms. The highest BCUT2D eigenvalue weighted by atomic mass is 14.8. The first-order valence-corrected chi connectivity index (χ1v) is 4.88. The van der Waals surface area contributed by atoms with Crippen LogP contribution in [0.25, 0.3) is 0 Å². The molecule has 0 atom stereocenters. The molecule has 0 saturated heterocycles. The molecule has 1 aliphatic rings. The van der Waals surface area contributed by atoms with E-state index in [0.29, 0.717) is 0 Å². The van der Waals surface area contributed by atoms with Gasteiger partial charge in [0.05, 0.1) is 0 Å². The molecule has 1 rings (SSSR count). The van der Waals surface area contributed by atoms with Gasteiger partial charge in [0, 0.05) is 24.8 Å². The Morgan fingerprint density at radius 2 is 0.938 bits per heavy atom. The Kier molecular flexibility index (Phi) is 6.83. The lowest BCUT2D eigenvalue weighted by atomic mass is 10.4. The summed E-state index contributed by atoms with van der Waals surface area (Å²) in [5.74, 6) is 0. The minimum atomic E-state index is 1.46. The minimum absolute atomic E-state index is 1.46. The summed E-state index contributed by atoms with van der Waals surface area (Å²) in [6.45, 7) is 0. The molecular weight excluding hydrogens is 198 g/mol. The van der Waals surface area contributed by atoms with Gasteiger partial charge in [-0.2, -0.15) is 0 Å². The van der Waals surface area contributed by atoms with Crippen molar-refractivity contribution >= 4 is 18.8 Å². The van der Waals surface area contributed by atoms with Crippen LogP contribution in [0.1, 0.15) is 0 Å². The zero-order valence-corrected chi connectivity index (χ0v) is 8.85.